The van der Waals surface area contributed by atoms with Crippen molar-refractivity contribution < 1.29 is 29.2 Å². The summed E-state index contributed by atoms with van der Waals surface area (Å²) in [4.78, 5) is 16.5. The number of benzene rings is 2. The molecule has 35 heavy (non-hydrogen) atoms. The van der Waals surface area contributed by atoms with Crippen molar-refractivity contribution in [2.45, 2.75) is 70.7 Å². The van der Waals surface area contributed by atoms with Crippen LogP contribution >= 0.6 is 11.3 Å². The maximum absolute atomic E-state index is 11.9. The van der Waals surface area contributed by atoms with Gasteiger partial charge >= 0.3 is 5.97 Å². The summed E-state index contributed by atoms with van der Waals surface area (Å²) in [5, 5.41) is 21.9. The highest BCUT2D eigenvalue weighted by atomic mass is 32.1. The zero-order valence-corrected chi connectivity index (χ0v) is 21.5. The Morgan fingerprint density at radius 1 is 1.14 bits per heavy atom. The van der Waals surface area contributed by atoms with Crippen molar-refractivity contribution >= 4 is 27.5 Å². The molecule has 2 aromatic carbocycles. The van der Waals surface area contributed by atoms with Gasteiger partial charge in [0.15, 0.2) is 0 Å². The molecule has 2 atom stereocenters. The Kier molecular flexibility index (Phi) is 7.94. The molecule has 1 aromatic heterocycles. The molecule has 1 aliphatic rings. The van der Waals surface area contributed by atoms with E-state index in [1.54, 1.807) is 20.3 Å². The largest absolute Gasteiger partial charge is 0.496 e. The summed E-state index contributed by atoms with van der Waals surface area (Å²) in [7, 11) is 3.19. The van der Waals surface area contributed by atoms with Crippen molar-refractivity contribution in [3.63, 3.8) is 0 Å². The molecule has 0 bridgehead atoms. The standard InChI is InChI=1S/C27H33NO6S/c1-5-16-10-19(27(30)31)25-23(11-16)35-24(28-25)14-22(34-18-8-6-7-9-18)26(29)17-12-20(32-3)15(2)21(13-17)33-4/h10-13,18,22,26,29H,5-9,14H2,1-4H3,(H,30,31). The Morgan fingerprint density at radius 2 is 1.80 bits per heavy atom. The molecule has 0 saturated heterocycles. The van der Waals surface area contributed by atoms with Gasteiger partial charge in [0, 0.05) is 12.0 Å². The maximum Gasteiger partial charge on any atom is 0.337 e. The number of aromatic carboxylic acids is 1. The quantitative estimate of drug-likeness (QED) is 0.381. The number of aryl methyl sites for hydroxylation is 1. The average molecular weight is 500 g/mol. The second-order valence-electron chi connectivity index (χ2n) is 9.04. The summed E-state index contributed by atoms with van der Waals surface area (Å²) in [6.45, 7) is 3.91. The van der Waals surface area contributed by atoms with Gasteiger partial charge in [-0.3, -0.25) is 0 Å². The van der Waals surface area contributed by atoms with Crippen molar-refractivity contribution in [3.05, 3.63) is 51.5 Å². The molecule has 1 saturated carbocycles. The van der Waals surface area contributed by atoms with Crippen molar-refractivity contribution in [2.24, 2.45) is 0 Å². The molecule has 2 unspecified atom stereocenters. The van der Waals surface area contributed by atoms with E-state index in [2.05, 4.69) is 4.98 Å². The number of ether oxygens (including phenoxy) is 3. The third-order valence-electron chi connectivity index (χ3n) is 6.75. The predicted molar refractivity (Wildman–Crippen MR) is 136 cm³/mol. The van der Waals surface area contributed by atoms with Crippen LogP contribution in [-0.2, 0) is 17.6 Å². The highest BCUT2D eigenvalue weighted by Crippen LogP contribution is 2.36. The number of rotatable bonds is 10. The molecule has 7 nitrogen and oxygen atoms in total. The monoisotopic (exact) mass is 499 g/mol. The summed E-state index contributed by atoms with van der Waals surface area (Å²) < 4.78 is 18.3. The second-order valence-corrected chi connectivity index (χ2v) is 10.2. The fourth-order valence-electron chi connectivity index (χ4n) is 4.76. The van der Waals surface area contributed by atoms with Gasteiger partial charge in [-0.1, -0.05) is 19.8 Å². The van der Waals surface area contributed by atoms with Gasteiger partial charge < -0.3 is 24.4 Å². The van der Waals surface area contributed by atoms with E-state index in [1.165, 1.54) is 11.3 Å². The Bertz CT molecular complexity index is 1170. The Labute approximate surface area is 209 Å². The Morgan fingerprint density at radius 3 is 2.37 bits per heavy atom. The van der Waals surface area contributed by atoms with E-state index in [4.69, 9.17) is 14.2 Å². The number of aliphatic hydroxyl groups excluding tert-OH is 1. The highest BCUT2D eigenvalue weighted by Gasteiger charge is 2.30. The summed E-state index contributed by atoms with van der Waals surface area (Å²) in [5.74, 6) is 0.284. The number of aromatic nitrogens is 1. The molecule has 1 aliphatic carbocycles. The molecular weight excluding hydrogens is 466 g/mol. The lowest BCUT2D eigenvalue weighted by Gasteiger charge is -2.27. The summed E-state index contributed by atoms with van der Waals surface area (Å²) >= 11 is 1.46. The fraction of sp³-hybridized carbons (Fsp3) is 0.481. The van der Waals surface area contributed by atoms with Crippen LogP contribution in [-0.4, -0.2) is 47.6 Å². The van der Waals surface area contributed by atoms with E-state index < -0.39 is 18.2 Å². The minimum absolute atomic E-state index is 0.0829. The van der Waals surface area contributed by atoms with Crippen LogP contribution in [0.4, 0.5) is 0 Å². The zero-order chi connectivity index (χ0) is 25.1. The molecule has 0 aliphatic heterocycles. The first kappa shape index (κ1) is 25.4. The molecule has 188 valence electrons. The lowest BCUT2D eigenvalue weighted by Crippen LogP contribution is -2.29. The molecule has 1 fully saturated rings. The van der Waals surface area contributed by atoms with Crippen LogP contribution in [0.2, 0.25) is 0 Å². The predicted octanol–water partition coefficient (Wildman–Crippen LogP) is 5.49. The van der Waals surface area contributed by atoms with E-state index in [0.717, 1.165) is 52.9 Å². The first-order valence-corrected chi connectivity index (χ1v) is 12.9. The topological polar surface area (TPSA) is 98.1 Å². The van der Waals surface area contributed by atoms with Crippen LogP contribution < -0.4 is 9.47 Å². The number of fused-ring (bicyclic) bond motifs is 1. The van der Waals surface area contributed by atoms with Crippen LogP contribution in [0.25, 0.3) is 10.2 Å². The minimum atomic E-state index is -0.986. The maximum atomic E-state index is 11.9. The molecule has 0 radical (unpaired) electrons. The summed E-state index contributed by atoms with van der Waals surface area (Å²) in [6, 6.07) is 7.34. The number of nitrogens with zero attached hydrogens (tertiary/aromatic N) is 1. The number of carboxylic acids is 1. The number of carbonyl (C=O) groups is 1. The first-order chi connectivity index (χ1) is 16.8. The molecule has 8 heteroatoms. The van der Waals surface area contributed by atoms with E-state index in [9.17, 15) is 15.0 Å². The van der Waals surface area contributed by atoms with Gasteiger partial charge in [-0.2, -0.15) is 0 Å². The average Bonchev–Trinajstić information content (AvgIpc) is 3.51. The van der Waals surface area contributed by atoms with Crippen LogP contribution in [0.5, 0.6) is 11.5 Å². The zero-order valence-electron chi connectivity index (χ0n) is 20.7. The van der Waals surface area contributed by atoms with Crippen LogP contribution in [0.3, 0.4) is 0 Å². The molecule has 2 N–H and O–H groups in total. The van der Waals surface area contributed by atoms with Gasteiger partial charge in [-0.15, -0.1) is 11.3 Å². The lowest BCUT2D eigenvalue weighted by atomic mass is 9.99. The third kappa shape index (κ3) is 5.44. The molecule has 3 aromatic rings. The minimum Gasteiger partial charge on any atom is -0.496 e. The van der Waals surface area contributed by atoms with Crippen LogP contribution in [0.1, 0.15) is 70.8 Å². The van der Waals surface area contributed by atoms with E-state index >= 15 is 0 Å². The van der Waals surface area contributed by atoms with Gasteiger partial charge in [0.2, 0.25) is 0 Å². The fourth-order valence-corrected chi connectivity index (χ4v) is 5.86. The number of methoxy groups -OCH3 is 2. The van der Waals surface area contributed by atoms with Crippen molar-refractivity contribution in [1.29, 1.82) is 0 Å². The van der Waals surface area contributed by atoms with Crippen molar-refractivity contribution in [2.75, 3.05) is 14.2 Å². The SMILES string of the molecule is CCc1cc(C(=O)O)c2nc(CC(OC3CCCC3)C(O)c3cc(OC)c(C)c(OC)c3)sc2c1. The normalized spacial score (nSPS) is 15.9. The number of hydrogen-bond acceptors (Lipinski definition) is 7. The molecule has 0 spiro atoms. The number of hydrogen-bond donors (Lipinski definition) is 2. The van der Waals surface area contributed by atoms with Gasteiger partial charge in [0.05, 0.1) is 47.2 Å². The Balaban J connectivity index is 1.70. The Hall–Kier alpha value is -2.68. The second kappa shape index (κ2) is 10.9. The smallest absolute Gasteiger partial charge is 0.337 e. The summed E-state index contributed by atoms with van der Waals surface area (Å²) in [6.07, 6.45) is 3.87. The van der Waals surface area contributed by atoms with Gasteiger partial charge in [0.25, 0.3) is 0 Å². The number of thiazole rings is 1. The van der Waals surface area contributed by atoms with Crippen LogP contribution in [0, 0.1) is 6.92 Å². The molecule has 4 rings (SSSR count). The van der Waals surface area contributed by atoms with Gasteiger partial charge in [-0.05, 0) is 61.6 Å². The number of carboxylic acid groups (broad SMARTS) is 1. The van der Waals surface area contributed by atoms with Crippen molar-refractivity contribution in [1.82, 2.24) is 4.98 Å². The van der Waals surface area contributed by atoms with Crippen molar-refractivity contribution in [3.8, 4) is 11.5 Å². The molecular formula is C27H33NO6S. The third-order valence-corrected chi connectivity index (χ3v) is 7.78. The van der Waals surface area contributed by atoms with Crippen LogP contribution in [0.15, 0.2) is 24.3 Å². The van der Waals surface area contributed by atoms with Gasteiger partial charge in [-0.25, -0.2) is 9.78 Å². The molecule has 1 heterocycles. The summed E-state index contributed by atoms with van der Waals surface area (Å²) in [5.41, 5.74) is 3.17. The first-order valence-electron chi connectivity index (χ1n) is 12.1. The number of aliphatic hydroxyl groups is 1. The highest BCUT2D eigenvalue weighted by molar-refractivity contribution is 7.18. The molecule has 0 amide bonds. The van der Waals surface area contributed by atoms with E-state index in [0.29, 0.717) is 29.0 Å². The van der Waals surface area contributed by atoms with Gasteiger partial charge in [0.1, 0.15) is 17.6 Å². The van der Waals surface area contributed by atoms with E-state index in [-0.39, 0.29) is 11.7 Å². The van der Waals surface area contributed by atoms with E-state index in [1.807, 2.05) is 32.0 Å². The lowest BCUT2D eigenvalue weighted by molar-refractivity contribution is -0.0753.